The lowest BCUT2D eigenvalue weighted by Crippen LogP contribution is -2.00. The smallest absolute Gasteiger partial charge is 0.120 e. The van der Waals surface area contributed by atoms with Gasteiger partial charge in [0.25, 0.3) is 0 Å². The van der Waals surface area contributed by atoms with E-state index < -0.39 is 0 Å². The Hall–Kier alpha value is -1.44. The minimum Gasteiger partial charge on any atom is -0.303 e. The Morgan fingerprint density at radius 3 is 2.00 bits per heavy atom. The average molecular weight is 190 g/mol. The summed E-state index contributed by atoms with van der Waals surface area (Å²) in [7, 11) is 0. The number of benzene rings is 1. The molecule has 1 aromatic carbocycles. The fourth-order valence-electron chi connectivity index (χ4n) is 1.44. The fraction of sp³-hybridized carbons (Fsp3) is 0.333. The second kappa shape index (κ2) is 5.32. The minimum absolute atomic E-state index is 0.0469. The molecule has 1 aromatic rings. The van der Waals surface area contributed by atoms with Crippen molar-refractivity contribution in [3.8, 4) is 0 Å². The normalized spacial score (nSPS) is 10.1. The predicted octanol–water partition coefficient (Wildman–Crippen LogP) is 2.26. The molecule has 0 heterocycles. The molecule has 0 unspecified atom stereocenters. The van der Waals surface area contributed by atoms with Crippen LogP contribution in [0.3, 0.4) is 0 Å². The van der Waals surface area contributed by atoms with Crippen LogP contribution in [0, 0.1) is 6.92 Å². The van der Waals surface area contributed by atoms with E-state index in [0.717, 1.165) is 18.1 Å². The Morgan fingerprint density at radius 1 is 1.07 bits per heavy atom. The molecule has 0 aromatic heterocycles. The van der Waals surface area contributed by atoms with E-state index >= 15 is 0 Å². The first-order valence-electron chi connectivity index (χ1n) is 4.71. The van der Waals surface area contributed by atoms with Gasteiger partial charge in [0.2, 0.25) is 0 Å². The highest BCUT2D eigenvalue weighted by Gasteiger charge is 2.09. The van der Waals surface area contributed by atoms with E-state index in [2.05, 4.69) is 0 Å². The van der Waals surface area contributed by atoms with Crippen LogP contribution in [0.4, 0.5) is 0 Å². The van der Waals surface area contributed by atoms with Crippen molar-refractivity contribution in [2.24, 2.45) is 0 Å². The summed E-state index contributed by atoms with van der Waals surface area (Å²) < 4.78 is 0. The van der Waals surface area contributed by atoms with Crippen LogP contribution < -0.4 is 0 Å². The molecule has 0 N–H and O–H groups in total. The topological polar surface area (TPSA) is 34.1 Å². The first-order chi connectivity index (χ1) is 6.77. The monoisotopic (exact) mass is 190 g/mol. The zero-order valence-electron chi connectivity index (χ0n) is 8.27. The summed E-state index contributed by atoms with van der Waals surface area (Å²) >= 11 is 0. The highest BCUT2D eigenvalue weighted by atomic mass is 16.1. The van der Waals surface area contributed by atoms with Gasteiger partial charge < -0.3 is 9.59 Å². The molecule has 0 aliphatic heterocycles. The van der Waals surface area contributed by atoms with E-state index in [1.807, 2.05) is 31.2 Å². The molecular weight excluding hydrogens is 176 g/mol. The van der Waals surface area contributed by atoms with Gasteiger partial charge in [-0.1, -0.05) is 29.8 Å². The van der Waals surface area contributed by atoms with Crippen molar-refractivity contribution in [3.63, 3.8) is 0 Å². The van der Waals surface area contributed by atoms with E-state index in [1.54, 1.807) is 0 Å². The fourth-order valence-corrected chi connectivity index (χ4v) is 1.44. The third-order valence-corrected chi connectivity index (χ3v) is 2.31. The summed E-state index contributed by atoms with van der Waals surface area (Å²) in [6.07, 6.45) is 2.58. The number of carbonyl (C=O) groups excluding carboxylic acids is 2. The lowest BCUT2D eigenvalue weighted by atomic mass is 9.93. The SMILES string of the molecule is Cc1ccc(C(CC=O)CC=O)cc1. The Kier molecular flexibility index (Phi) is 4.05. The number of rotatable bonds is 5. The molecule has 0 radical (unpaired) electrons. The Morgan fingerprint density at radius 2 is 1.57 bits per heavy atom. The first kappa shape index (κ1) is 10.6. The van der Waals surface area contributed by atoms with Crippen LogP contribution in [-0.2, 0) is 9.59 Å². The van der Waals surface area contributed by atoms with E-state index in [4.69, 9.17) is 0 Å². The van der Waals surface area contributed by atoms with Gasteiger partial charge in [-0.2, -0.15) is 0 Å². The van der Waals surface area contributed by atoms with Gasteiger partial charge >= 0.3 is 0 Å². The molecule has 74 valence electrons. The van der Waals surface area contributed by atoms with E-state index in [0.29, 0.717) is 12.8 Å². The number of carbonyl (C=O) groups is 2. The van der Waals surface area contributed by atoms with Gasteiger partial charge in [0, 0.05) is 12.8 Å². The minimum atomic E-state index is 0.0469. The molecule has 0 saturated heterocycles. The third-order valence-electron chi connectivity index (χ3n) is 2.31. The van der Waals surface area contributed by atoms with Gasteiger partial charge in [-0.15, -0.1) is 0 Å². The second-order valence-corrected chi connectivity index (χ2v) is 3.41. The summed E-state index contributed by atoms with van der Waals surface area (Å²) in [5.74, 6) is 0.0469. The Balaban J connectivity index is 2.80. The van der Waals surface area contributed by atoms with E-state index in [1.165, 1.54) is 5.56 Å². The van der Waals surface area contributed by atoms with Crippen molar-refractivity contribution in [1.82, 2.24) is 0 Å². The van der Waals surface area contributed by atoms with Crippen LogP contribution in [-0.4, -0.2) is 12.6 Å². The molecule has 0 aliphatic rings. The first-order valence-corrected chi connectivity index (χ1v) is 4.71. The van der Waals surface area contributed by atoms with Crippen LogP contribution in [0.1, 0.15) is 29.9 Å². The number of hydrogen-bond donors (Lipinski definition) is 0. The van der Waals surface area contributed by atoms with Gasteiger partial charge in [-0.05, 0) is 18.4 Å². The summed E-state index contributed by atoms with van der Waals surface area (Å²) in [5.41, 5.74) is 2.25. The summed E-state index contributed by atoms with van der Waals surface area (Å²) in [6.45, 7) is 2.01. The Bertz CT molecular complexity index is 291. The highest BCUT2D eigenvalue weighted by molar-refractivity contribution is 5.57. The standard InChI is InChI=1S/C12H14O2/c1-10-2-4-11(5-3-10)12(6-8-13)7-9-14/h2-5,8-9,12H,6-7H2,1H3. The van der Waals surface area contributed by atoms with Crippen molar-refractivity contribution in [2.45, 2.75) is 25.7 Å². The van der Waals surface area contributed by atoms with Gasteiger partial charge in [0.1, 0.15) is 12.6 Å². The molecule has 2 nitrogen and oxygen atoms in total. The summed E-state index contributed by atoms with van der Waals surface area (Å²) in [4.78, 5) is 20.8. The maximum Gasteiger partial charge on any atom is 0.120 e. The molecule has 0 spiro atoms. The van der Waals surface area contributed by atoms with E-state index in [-0.39, 0.29) is 5.92 Å². The lowest BCUT2D eigenvalue weighted by molar-refractivity contribution is -0.109. The molecular formula is C12H14O2. The molecule has 0 bridgehead atoms. The molecule has 0 saturated carbocycles. The van der Waals surface area contributed by atoms with Gasteiger partial charge in [0.15, 0.2) is 0 Å². The number of hydrogen-bond acceptors (Lipinski definition) is 2. The number of aldehydes is 2. The van der Waals surface area contributed by atoms with Crippen molar-refractivity contribution in [1.29, 1.82) is 0 Å². The Labute approximate surface area is 83.9 Å². The maximum atomic E-state index is 10.4. The average Bonchev–Trinajstić information content (AvgIpc) is 2.19. The zero-order chi connectivity index (χ0) is 10.4. The maximum absolute atomic E-state index is 10.4. The van der Waals surface area contributed by atoms with Gasteiger partial charge in [-0.3, -0.25) is 0 Å². The molecule has 0 fully saturated rings. The molecule has 2 heteroatoms. The van der Waals surface area contributed by atoms with Crippen molar-refractivity contribution >= 4 is 12.6 Å². The molecule has 14 heavy (non-hydrogen) atoms. The van der Waals surface area contributed by atoms with Crippen molar-refractivity contribution in [3.05, 3.63) is 35.4 Å². The number of aryl methyl sites for hydroxylation is 1. The molecule has 1 rings (SSSR count). The molecule has 0 amide bonds. The van der Waals surface area contributed by atoms with Crippen molar-refractivity contribution < 1.29 is 9.59 Å². The lowest BCUT2D eigenvalue weighted by Gasteiger charge is -2.10. The van der Waals surface area contributed by atoms with E-state index in [9.17, 15) is 9.59 Å². The third kappa shape index (κ3) is 2.80. The highest BCUT2D eigenvalue weighted by Crippen LogP contribution is 2.21. The zero-order valence-corrected chi connectivity index (χ0v) is 8.27. The van der Waals surface area contributed by atoms with Crippen molar-refractivity contribution in [2.75, 3.05) is 0 Å². The second-order valence-electron chi connectivity index (χ2n) is 3.41. The summed E-state index contributed by atoms with van der Waals surface area (Å²) in [6, 6.07) is 7.95. The quantitative estimate of drug-likeness (QED) is 0.667. The van der Waals surface area contributed by atoms with Crippen LogP contribution in [0.5, 0.6) is 0 Å². The van der Waals surface area contributed by atoms with Crippen LogP contribution >= 0.6 is 0 Å². The van der Waals surface area contributed by atoms with Gasteiger partial charge in [0.05, 0.1) is 0 Å². The molecule has 0 atom stereocenters. The van der Waals surface area contributed by atoms with Crippen LogP contribution in [0.15, 0.2) is 24.3 Å². The van der Waals surface area contributed by atoms with Crippen LogP contribution in [0.2, 0.25) is 0 Å². The van der Waals surface area contributed by atoms with Gasteiger partial charge in [-0.25, -0.2) is 0 Å². The largest absolute Gasteiger partial charge is 0.303 e. The van der Waals surface area contributed by atoms with Crippen LogP contribution in [0.25, 0.3) is 0 Å². The summed E-state index contributed by atoms with van der Waals surface area (Å²) in [5, 5.41) is 0. The predicted molar refractivity (Wildman–Crippen MR) is 55.3 cm³/mol. The molecule has 0 aliphatic carbocycles.